The number of pyridine rings is 1. The molecule has 1 aromatic carbocycles. The highest BCUT2D eigenvalue weighted by molar-refractivity contribution is 8.27. The first-order chi connectivity index (χ1) is 14.2. The zero-order valence-electron chi connectivity index (χ0n) is 14.9. The Kier molecular flexibility index (Phi) is 4.18. The van der Waals surface area contributed by atoms with Gasteiger partial charge in [0.05, 0.1) is 5.57 Å². The van der Waals surface area contributed by atoms with Crippen molar-refractivity contribution in [2.75, 3.05) is 0 Å². The van der Waals surface area contributed by atoms with Crippen molar-refractivity contribution in [2.45, 2.75) is 0 Å². The Hall–Kier alpha value is -3.78. The molecule has 1 amide bonds. The molecule has 0 fully saturated rings. The zero-order chi connectivity index (χ0) is 19.8. The highest BCUT2D eigenvalue weighted by Crippen LogP contribution is 2.31. The van der Waals surface area contributed by atoms with Gasteiger partial charge in [0.2, 0.25) is 5.17 Å². The summed E-state index contributed by atoms with van der Waals surface area (Å²) >= 11 is 1.24. The van der Waals surface area contributed by atoms with Gasteiger partial charge in [-0.1, -0.05) is 30.3 Å². The number of fused-ring (bicyclic) bond motifs is 1. The maximum absolute atomic E-state index is 12.5. The maximum Gasteiger partial charge on any atom is 0.283 e. The summed E-state index contributed by atoms with van der Waals surface area (Å²) in [6.07, 6.45) is 4.88. The largest absolute Gasteiger partial charge is 0.457 e. The predicted octanol–water partition coefficient (Wildman–Crippen LogP) is 4.01. The Morgan fingerprint density at radius 1 is 1.03 bits per heavy atom. The van der Waals surface area contributed by atoms with Crippen molar-refractivity contribution in [1.82, 2.24) is 9.99 Å². The van der Waals surface area contributed by atoms with Crippen LogP contribution in [0.1, 0.15) is 11.3 Å². The van der Waals surface area contributed by atoms with Crippen molar-refractivity contribution >= 4 is 39.8 Å². The van der Waals surface area contributed by atoms with E-state index in [4.69, 9.17) is 9.83 Å². The molecule has 140 valence electrons. The lowest BCUT2D eigenvalue weighted by Crippen LogP contribution is -2.35. The third kappa shape index (κ3) is 3.19. The van der Waals surface area contributed by atoms with Gasteiger partial charge >= 0.3 is 0 Å². The topological polar surface area (TPSA) is 94.9 Å². The van der Waals surface area contributed by atoms with E-state index in [1.807, 2.05) is 42.5 Å². The number of furan rings is 1. The predicted molar refractivity (Wildman–Crippen MR) is 112 cm³/mol. The summed E-state index contributed by atoms with van der Waals surface area (Å²) < 4.78 is 5.83. The number of hydrogen-bond acceptors (Lipinski definition) is 6. The lowest BCUT2D eigenvalue weighted by Gasteiger charge is -2.19. The number of carbonyl (C=O) groups excluding carboxylic acids is 1. The first kappa shape index (κ1) is 17.3. The summed E-state index contributed by atoms with van der Waals surface area (Å²) in [6, 6.07) is 16.9. The van der Waals surface area contributed by atoms with Crippen molar-refractivity contribution in [3.05, 3.63) is 83.9 Å². The number of benzene rings is 1. The van der Waals surface area contributed by atoms with Gasteiger partial charge in [-0.3, -0.25) is 15.2 Å². The quantitative estimate of drug-likeness (QED) is 0.672. The smallest absolute Gasteiger partial charge is 0.283 e. The Morgan fingerprint density at radius 2 is 1.86 bits per heavy atom. The van der Waals surface area contributed by atoms with Crippen molar-refractivity contribution in [3.8, 4) is 11.3 Å². The molecular formula is C21H13N5O2S. The van der Waals surface area contributed by atoms with Crippen LogP contribution >= 0.6 is 11.8 Å². The van der Waals surface area contributed by atoms with E-state index in [1.54, 1.807) is 24.5 Å². The third-order valence-electron chi connectivity index (χ3n) is 4.33. The number of thioether (sulfide) groups is 1. The van der Waals surface area contributed by atoms with Gasteiger partial charge in [-0.25, -0.2) is 0 Å². The molecule has 2 aromatic heterocycles. The Morgan fingerprint density at radius 3 is 2.66 bits per heavy atom. The minimum Gasteiger partial charge on any atom is -0.457 e. The summed E-state index contributed by atoms with van der Waals surface area (Å²) in [7, 11) is 0. The fourth-order valence-corrected chi connectivity index (χ4v) is 3.81. The molecule has 2 aliphatic rings. The number of amidine groups is 2. The molecule has 0 bridgehead atoms. The van der Waals surface area contributed by atoms with E-state index in [-0.39, 0.29) is 11.4 Å². The molecule has 0 unspecified atom stereocenters. The van der Waals surface area contributed by atoms with Gasteiger partial charge in [-0.15, -0.1) is 0 Å². The van der Waals surface area contributed by atoms with Crippen LogP contribution in [0.5, 0.6) is 0 Å². The Labute approximate surface area is 170 Å². The lowest BCUT2D eigenvalue weighted by atomic mass is 10.1. The SMILES string of the molecule is N=C1C(=Cc2ccc(-c3ccccc3)o2)C(=O)N=C2SC(c3cccnc3)=NN12. The summed E-state index contributed by atoms with van der Waals surface area (Å²) in [4.78, 5) is 20.7. The van der Waals surface area contributed by atoms with Gasteiger partial charge < -0.3 is 4.42 Å². The molecule has 1 N–H and O–H groups in total. The van der Waals surface area contributed by atoms with Gasteiger partial charge in [-0.05, 0) is 42.1 Å². The number of rotatable bonds is 3. The van der Waals surface area contributed by atoms with Crippen LogP contribution in [0.15, 0.2) is 87.1 Å². The van der Waals surface area contributed by atoms with E-state index in [0.717, 1.165) is 11.1 Å². The molecule has 7 nitrogen and oxygen atoms in total. The molecule has 0 spiro atoms. The standard InChI is InChI=1S/C21H13N5O2S/c22-18-16(11-15-8-9-17(28-15)13-5-2-1-3-6-13)19(27)24-21-26(18)25-20(29-21)14-7-4-10-23-12-14/h1-12,22H. The molecular weight excluding hydrogens is 386 g/mol. The number of nitrogens with zero attached hydrogens (tertiary/aromatic N) is 4. The molecule has 0 saturated heterocycles. The minimum absolute atomic E-state index is 0.0379. The van der Waals surface area contributed by atoms with Gasteiger partial charge in [-0.2, -0.15) is 15.1 Å². The summed E-state index contributed by atoms with van der Waals surface area (Å²) in [5.74, 6) is 0.627. The summed E-state index contributed by atoms with van der Waals surface area (Å²) in [6.45, 7) is 0. The highest BCUT2D eigenvalue weighted by Gasteiger charge is 2.36. The minimum atomic E-state index is -0.492. The van der Waals surface area contributed by atoms with Crippen molar-refractivity contribution < 1.29 is 9.21 Å². The fraction of sp³-hybridized carbons (Fsp3) is 0. The average molecular weight is 399 g/mol. The first-order valence-electron chi connectivity index (χ1n) is 8.75. The van der Waals surface area contributed by atoms with E-state index < -0.39 is 5.91 Å². The number of hydrazone groups is 1. The van der Waals surface area contributed by atoms with Gasteiger partial charge in [0, 0.05) is 23.5 Å². The van der Waals surface area contributed by atoms with E-state index in [2.05, 4.69) is 15.1 Å². The molecule has 0 aliphatic carbocycles. The van der Waals surface area contributed by atoms with Crippen LogP contribution < -0.4 is 0 Å². The number of carbonyl (C=O) groups is 1. The number of aliphatic imine (C=N–C) groups is 1. The molecule has 0 saturated carbocycles. The average Bonchev–Trinajstić information content (AvgIpc) is 3.40. The highest BCUT2D eigenvalue weighted by atomic mass is 32.2. The second-order valence-electron chi connectivity index (χ2n) is 6.23. The summed E-state index contributed by atoms with van der Waals surface area (Å²) in [5, 5.41) is 15.3. The van der Waals surface area contributed by atoms with Crippen LogP contribution in [0.25, 0.3) is 17.4 Å². The Balaban J connectivity index is 1.46. The molecule has 3 aromatic rings. The zero-order valence-corrected chi connectivity index (χ0v) is 15.8. The number of nitrogens with one attached hydrogen (secondary N) is 1. The molecule has 4 heterocycles. The first-order valence-corrected chi connectivity index (χ1v) is 9.56. The van der Waals surface area contributed by atoms with Crippen LogP contribution in [0.4, 0.5) is 0 Å². The van der Waals surface area contributed by atoms with E-state index >= 15 is 0 Å². The van der Waals surface area contributed by atoms with Gasteiger partial charge in [0.1, 0.15) is 16.6 Å². The monoisotopic (exact) mass is 399 g/mol. The molecule has 0 radical (unpaired) electrons. The number of aromatic nitrogens is 1. The van der Waals surface area contributed by atoms with Crippen LogP contribution in [-0.4, -0.2) is 31.9 Å². The number of amides is 1. The van der Waals surface area contributed by atoms with Crippen molar-refractivity contribution in [2.24, 2.45) is 10.1 Å². The van der Waals surface area contributed by atoms with Crippen LogP contribution in [0.3, 0.4) is 0 Å². The molecule has 0 atom stereocenters. The third-order valence-corrected chi connectivity index (χ3v) is 5.29. The second-order valence-corrected chi connectivity index (χ2v) is 7.19. The number of hydrogen-bond donors (Lipinski definition) is 1. The van der Waals surface area contributed by atoms with Crippen molar-refractivity contribution in [1.29, 1.82) is 5.41 Å². The molecule has 2 aliphatic heterocycles. The van der Waals surface area contributed by atoms with Crippen LogP contribution in [0, 0.1) is 5.41 Å². The van der Waals surface area contributed by atoms with Crippen molar-refractivity contribution in [3.63, 3.8) is 0 Å². The second kappa shape index (κ2) is 6.99. The molecule has 29 heavy (non-hydrogen) atoms. The fourth-order valence-electron chi connectivity index (χ4n) is 2.93. The van der Waals surface area contributed by atoms with E-state index in [0.29, 0.717) is 21.7 Å². The van der Waals surface area contributed by atoms with Crippen LogP contribution in [-0.2, 0) is 4.79 Å². The molecule has 8 heteroatoms. The van der Waals surface area contributed by atoms with Gasteiger partial charge in [0.15, 0.2) is 5.84 Å². The normalized spacial score (nSPS) is 17.4. The van der Waals surface area contributed by atoms with E-state index in [1.165, 1.54) is 22.8 Å². The maximum atomic E-state index is 12.5. The molecule has 5 rings (SSSR count). The van der Waals surface area contributed by atoms with E-state index in [9.17, 15) is 4.79 Å². The van der Waals surface area contributed by atoms with Gasteiger partial charge in [0.25, 0.3) is 5.91 Å². The summed E-state index contributed by atoms with van der Waals surface area (Å²) in [5.41, 5.74) is 1.86. The van der Waals surface area contributed by atoms with Crippen LogP contribution in [0.2, 0.25) is 0 Å². The Bertz CT molecular complexity index is 1210. The lowest BCUT2D eigenvalue weighted by molar-refractivity contribution is -0.114.